The number of carbonyl (C=O) groups is 1. The first-order chi connectivity index (χ1) is 12.3. The SMILES string of the molecule is O=C(Nc1ccc2c(c1)CN(CCc1ccccc1)C2)C1CCCO1. The molecule has 2 aliphatic rings. The Labute approximate surface area is 148 Å². The monoisotopic (exact) mass is 336 g/mol. The van der Waals surface area contributed by atoms with E-state index < -0.39 is 0 Å². The molecule has 1 atom stereocenters. The average molecular weight is 336 g/mol. The van der Waals surface area contributed by atoms with Gasteiger partial charge in [0, 0.05) is 31.9 Å². The summed E-state index contributed by atoms with van der Waals surface area (Å²) in [5.41, 5.74) is 4.94. The van der Waals surface area contributed by atoms with Gasteiger partial charge in [-0.05, 0) is 48.1 Å². The molecule has 4 rings (SSSR count). The van der Waals surface area contributed by atoms with E-state index in [-0.39, 0.29) is 12.0 Å². The van der Waals surface area contributed by atoms with E-state index in [1.807, 2.05) is 6.07 Å². The summed E-state index contributed by atoms with van der Waals surface area (Å²) in [6.45, 7) is 3.68. The minimum Gasteiger partial charge on any atom is -0.368 e. The number of hydrogen-bond donors (Lipinski definition) is 1. The van der Waals surface area contributed by atoms with Crippen LogP contribution in [0.1, 0.15) is 29.5 Å². The van der Waals surface area contributed by atoms with Crippen LogP contribution in [-0.2, 0) is 29.0 Å². The summed E-state index contributed by atoms with van der Waals surface area (Å²) in [5, 5.41) is 3.00. The van der Waals surface area contributed by atoms with Crippen LogP contribution < -0.4 is 5.32 Å². The molecule has 1 amide bonds. The quantitative estimate of drug-likeness (QED) is 0.910. The third kappa shape index (κ3) is 3.91. The minimum atomic E-state index is -0.282. The Balaban J connectivity index is 1.34. The van der Waals surface area contributed by atoms with Crippen LogP contribution in [0.3, 0.4) is 0 Å². The first kappa shape index (κ1) is 16.3. The number of nitrogens with zero attached hydrogens (tertiary/aromatic N) is 1. The van der Waals surface area contributed by atoms with Crippen LogP contribution in [-0.4, -0.2) is 30.1 Å². The van der Waals surface area contributed by atoms with Crippen molar-refractivity contribution in [3.63, 3.8) is 0 Å². The summed E-state index contributed by atoms with van der Waals surface area (Å²) in [7, 11) is 0. The second kappa shape index (κ2) is 7.38. The van der Waals surface area contributed by atoms with Gasteiger partial charge < -0.3 is 10.1 Å². The van der Waals surface area contributed by atoms with E-state index >= 15 is 0 Å². The number of carbonyl (C=O) groups excluding carboxylic acids is 1. The Kier molecular flexibility index (Phi) is 4.81. The Morgan fingerprint density at radius 3 is 2.76 bits per heavy atom. The first-order valence-electron chi connectivity index (χ1n) is 9.08. The van der Waals surface area contributed by atoms with Crippen molar-refractivity contribution >= 4 is 11.6 Å². The highest BCUT2D eigenvalue weighted by Gasteiger charge is 2.24. The summed E-state index contributed by atoms with van der Waals surface area (Å²) < 4.78 is 5.45. The van der Waals surface area contributed by atoms with E-state index in [0.29, 0.717) is 6.61 Å². The van der Waals surface area contributed by atoms with Gasteiger partial charge in [0.1, 0.15) is 6.10 Å². The summed E-state index contributed by atoms with van der Waals surface area (Å²) in [6.07, 6.45) is 2.58. The highest BCUT2D eigenvalue weighted by atomic mass is 16.5. The molecule has 0 radical (unpaired) electrons. The highest BCUT2D eigenvalue weighted by molar-refractivity contribution is 5.94. The van der Waals surface area contributed by atoms with Crippen molar-refractivity contribution in [2.75, 3.05) is 18.5 Å². The third-order valence-corrected chi connectivity index (χ3v) is 5.04. The lowest BCUT2D eigenvalue weighted by molar-refractivity contribution is -0.124. The summed E-state index contributed by atoms with van der Waals surface area (Å²) in [5.74, 6) is -0.0172. The number of rotatable bonds is 5. The van der Waals surface area contributed by atoms with Gasteiger partial charge in [-0.3, -0.25) is 9.69 Å². The van der Waals surface area contributed by atoms with Crippen molar-refractivity contribution in [1.82, 2.24) is 4.90 Å². The van der Waals surface area contributed by atoms with Gasteiger partial charge in [-0.2, -0.15) is 0 Å². The lowest BCUT2D eigenvalue weighted by atomic mass is 10.1. The number of benzene rings is 2. The molecule has 0 bridgehead atoms. The van der Waals surface area contributed by atoms with Crippen LogP contribution in [0.5, 0.6) is 0 Å². The molecule has 1 unspecified atom stereocenters. The smallest absolute Gasteiger partial charge is 0.253 e. The fourth-order valence-electron chi connectivity index (χ4n) is 3.64. The number of ether oxygens (including phenoxy) is 1. The van der Waals surface area contributed by atoms with Crippen molar-refractivity contribution < 1.29 is 9.53 Å². The normalized spacial score (nSPS) is 19.8. The molecule has 0 aromatic heterocycles. The molecule has 4 nitrogen and oxygen atoms in total. The van der Waals surface area contributed by atoms with Crippen LogP contribution in [0.4, 0.5) is 5.69 Å². The van der Waals surface area contributed by atoms with Crippen molar-refractivity contribution in [3.8, 4) is 0 Å². The average Bonchev–Trinajstić information content (AvgIpc) is 3.30. The zero-order chi connectivity index (χ0) is 17.1. The second-order valence-electron chi connectivity index (χ2n) is 6.92. The zero-order valence-corrected chi connectivity index (χ0v) is 14.4. The van der Waals surface area contributed by atoms with E-state index in [1.54, 1.807) is 0 Å². The second-order valence-corrected chi connectivity index (χ2v) is 6.92. The molecule has 1 N–H and O–H groups in total. The molecule has 1 fully saturated rings. The van der Waals surface area contributed by atoms with E-state index in [1.165, 1.54) is 16.7 Å². The maximum absolute atomic E-state index is 12.2. The van der Waals surface area contributed by atoms with Gasteiger partial charge in [-0.25, -0.2) is 0 Å². The molecule has 4 heteroatoms. The third-order valence-electron chi connectivity index (χ3n) is 5.04. The van der Waals surface area contributed by atoms with E-state index in [2.05, 4.69) is 52.7 Å². The van der Waals surface area contributed by atoms with Crippen LogP contribution in [0, 0.1) is 0 Å². The molecule has 0 saturated carbocycles. The van der Waals surface area contributed by atoms with E-state index in [0.717, 1.165) is 44.6 Å². The van der Waals surface area contributed by atoms with Crippen LogP contribution in [0.2, 0.25) is 0 Å². The Morgan fingerprint density at radius 1 is 1.12 bits per heavy atom. The van der Waals surface area contributed by atoms with E-state index in [9.17, 15) is 4.79 Å². The topological polar surface area (TPSA) is 41.6 Å². The van der Waals surface area contributed by atoms with Crippen molar-refractivity contribution in [1.29, 1.82) is 0 Å². The van der Waals surface area contributed by atoms with Gasteiger partial charge in [-0.1, -0.05) is 36.4 Å². The molecule has 25 heavy (non-hydrogen) atoms. The van der Waals surface area contributed by atoms with Gasteiger partial charge in [0.05, 0.1) is 0 Å². The molecule has 2 aromatic carbocycles. The first-order valence-corrected chi connectivity index (χ1v) is 9.08. The van der Waals surface area contributed by atoms with Gasteiger partial charge >= 0.3 is 0 Å². The summed E-state index contributed by atoms with van der Waals surface area (Å²) in [6, 6.07) is 16.9. The lowest BCUT2D eigenvalue weighted by Crippen LogP contribution is -2.26. The number of anilines is 1. The fraction of sp³-hybridized carbons (Fsp3) is 0.381. The molecule has 2 heterocycles. The molecule has 0 aliphatic carbocycles. The number of hydrogen-bond acceptors (Lipinski definition) is 3. The highest BCUT2D eigenvalue weighted by Crippen LogP contribution is 2.26. The largest absolute Gasteiger partial charge is 0.368 e. The molecule has 130 valence electrons. The molecular weight excluding hydrogens is 312 g/mol. The van der Waals surface area contributed by atoms with E-state index in [4.69, 9.17) is 4.74 Å². The standard InChI is InChI=1S/C21H24N2O2/c24-21(20-7-4-12-25-20)22-19-9-8-17-14-23(15-18(17)13-19)11-10-16-5-2-1-3-6-16/h1-3,5-6,8-9,13,20H,4,7,10-12,14-15H2,(H,22,24). The maximum Gasteiger partial charge on any atom is 0.253 e. The Bertz CT molecular complexity index is 739. The van der Waals surface area contributed by atoms with Crippen molar-refractivity contribution in [2.45, 2.75) is 38.5 Å². The zero-order valence-electron chi connectivity index (χ0n) is 14.4. The van der Waals surface area contributed by atoms with Crippen LogP contribution in [0.25, 0.3) is 0 Å². The molecule has 1 saturated heterocycles. The van der Waals surface area contributed by atoms with Crippen LogP contribution in [0.15, 0.2) is 48.5 Å². The molecular formula is C21H24N2O2. The predicted octanol–water partition coefficient (Wildman–Crippen LogP) is 3.36. The van der Waals surface area contributed by atoms with Crippen molar-refractivity contribution in [3.05, 3.63) is 65.2 Å². The van der Waals surface area contributed by atoms with Gasteiger partial charge in [0.15, 0.2) is 0 Å². The molecule has 0 spiro atoms. The number of nitrogens with one attached hydrogen (secondary N) is 1. The Hall–Kier alpha value is -2.17. The lowest BCUT2D eigenvalue weighted by Gasteiger charge is -2.14. The van der Waals surface area contributed by atoms with Crippen molar-refractivity contribution in [2.24, 2.45) is 0 Å². The molecule has 2 aliphatic heterocycles. The van der Waals surface area contributed by atoms with Crippen LogP contribution >= 0.6 is 0 Å². The maximum atomic E-state index is 12.2. The summed E-state index contributed by atoms with van der Waals surface area (Å²) in [4.78, 5) is 14.7. The minimum absolute atomic E-state index is 0.0172. The van der Waals surface area contributed by atoms with Gasteiger partial charge in [-0.15, -0.1) is 0 Å². The van der Waals surface area contributed by atoms with Gasteiger partial charge in [0.25, 0.3) is 5.91 Å². The number of fused-ring (bicyclic) bond motifs is 1. The fourth-order valence-corrected chi connectivity index (χ4v) is 3.64. The Morgan fingerprint density at radius 2 is 1.96 bits per heavy atom. The van der Waals surface area contributed by atoms with Gasteiger partial charge in [0.2, 0.25) is 0 Å². The number of amides is 1. The molecule has 2 aromatic rings. The predicted molar refractivity (Wildman–Crippen MR) is 98.3 cm³/mol. The summed E-state index contributed by atoms with van der Waals surface area (Å²) >= 11 is 0.